The Morgan fingerprint density at radius 2 is 1.89 bits per heavy atom. The van der Waals surface area contributed by atoms with Crippen LogP contribution in [-0.4, -0.2) is 34.8 Å². The molecule has 0 aliphatic carbocycles. The van der Waals surface area contributed by atoms with Crippen molar-refractivity contribution < 1.29 is 14.6 Å². The van der Waals surface area contributed by atoms with E-state index in [0.717, 1.165) is 4.90 Å². The lowest BCUT2D eigenvalue weighted by Crippen LogP contribution is -2.16. The smallest absolute Gasteiger partial charge is 0.251 e. The summed E-state index contributed by atoms with van der Waals surface area (Å²) in [6, 6.07) is 14.2. The Balaban J connectivity index is 1.93. The van der Waals surface area contributed by atoms with Gasteiger partial charge in [-0.15, -0.1) is 0 Å². The second-order valence-electron chi connectivity index (χ2n) is 5.97. The van der Waals surface area contributed by atoms with Gasteiger partial charge in [-0.1, -0.05) is 0 Å². The van der Waals surface area contributed by atoms with Crippen LogP contribution in [0, 0.1) is 0 Å². The molecule has 0 amide bonds. The van der Waals surface area contributed by atoms with Gasteiger partial charge in [0, 0.05) is 28.8 Å². The van der Waals surface area contributed by atoms with Crippen LogP contribution in [0.1, 0.15) is 6.92 Å². The quantitative estimate of drug-likeness (QED) is 0.501. The van der Waals surface area contributed by atoms with E-state index < -0.39 is 0 Å². The van der Waals surface area contributed by atoms with Gasteiger partial charge in [-0.05, 0) is 62.3 Å². The number of nitrogens with zero attached hydrogens (tertiary/aromatic N) is 1. The van der Waals surface area contributed by atoms with Gasteiger partial charge in [0.1, 0.15) is 29.2 Å². The third-order valence-corrected chi connectivity index (χ3v) is 4.41. The summed E-state index contributed by atoms with van der Waals surface area (Å²) >= 11 is 1.51. The van der Waals surface area contributed by atoms with Crippen molar-refractivity contribution >= 4 is 11.9 Å². The molecule has 2 aromatic carbocycles. The lowest BCUT2D eigenvalue weighted by atomic mass is 10.2. The molecule has 146 valence electrons. The molecular weight excluding hydrogens is 378 g/mol. The molecule has 0 aliphatic heterocycles. The first kappa shape index (κ1) is 19.9. The van der Waals surface area contributed by atoms with Crippen molar-refractivity contribution in [3.05, 3.63) is 65.1 Å². The number of benzene rings is 2. The molecule has 1 unspecified atom stereocenters. The number of aromatic amines is 1. The van der Waals surface area contributed by atoms with Gasteiger partial charge in [-0.25, -0.2) is 4.98 Å². The normalized spacial score (nSPS) is 11.8. The molecule has 1 heterocycles. The highest BCUT2D eigenvalue weighted by atomic mass is 32.2. The van der Waals surface area contributed by atoms with E-state index in [4.69, 9.17) is 9.47 Å². The standard InChI is InChI=1S/C20H21N3O4S/c1-13(12-24)26-16-9-14(20-22-8-7-19(25)23-20)10-17(11-16)27-15-3-5-18(6-4-15)28-21-2/h3-11,13,21,24H,12H2,1-2H3,(H,22,23,25). The Morgan fingerprint density at radius 3 is 2.57 bits per heavy atom. The van der Waals surface area contributed by atoms with E-state index in [1.807, 2.05) is 31.3 Å². The fraction of sp³-hybridized carbons (Fsp3) is 0.200. The van der Waals surface area contributed by atoms with Crippen LogP contribution in [-0.2, 0) is 0 Å². The summed E-state index contributed by atoms with van der Waals surface area (Å²) in [5.74, 6) is 2.09. The van der Waals surface area contributed by atoms with Crippen LogP contribution >= 0.6 is 11.9 Å². The summed E-state index contributed by atoms with van der Waals surface area (Å²) in [6.07, 6.45) is 1.06. The van der Waals surface area contributed by atoms with Crippen LogP contribution in [0.4, 0.5) is 0 Å². The van der Waals surface area contributed by atoms with Crippen LogP contribution in [0.5, 0.6) is 17.2 Å². The number of rotatable bonds is 8. The Morgan fingerprint density at radius 1 is 1.14 bits per heavy atom. The fourth-order valence-electron chi connectivity index (χ4n) is 2.45. The third-order valence-electron chi connectivity index (χ3n) is 3.70. The van der Waals surface area contributed by atoms with Gasteiger partial charge < -0.3 is 19.6 Å². The van der Waals surface area contributed by atoms with Crippen LogP contribution in [0.3, 0.4) is 0 Å². The summed E-state index contributed by atoms with van der Waals surface area (Å²) in [5, 5.41) is 9.27. The molecule has 0 spiro atoms. The molecule has 7 nitrogen and oxygen atoms in total. The van der Waals surface area contributed by atoms with Crippen molar-refractivity contribution in [2.75, 3.05) is 13.7 Å². The van der Waals surface area contributed by atoms with Gasteiger partial charge in [0.2, 0.25) is 0 Å². The zero-order chi connectivity index (χ0) is 19.9. The maximum Gasteiger partial charge on any atom is 0.251 e. The van der Waals surface area contributed by atoms with E-state index in [0.29, 0.717) is 28.6 Å². The number of nitrogens with one attached hydrogen (secondary N) is 2. The first-order valence-electron chi connectivity index (χ1n) is 8.67. The Bertz CT molecular complexity index is 976. The third kappa shape index (κ3) is 5.35. The van der Waals surface area contributed by atoms with Crippen molar-refractivity contribution in [2.24, 2.45) is 0 Å². The number of hydrogen-bond acceptors (Lipinski definition) is 7. The number of hydrogen-bond donors (Lipinski definition) is 3. The van der Waals surface area contributed by atoms with E-state index in [-0.39, 0.29) is 18.3 Å². The predicted molar refractivity (Wildman–Crippen MR) is 109 cm³/mol. The van der Waals surface area contributed by atoms with Crippen molar-refractivity contribution in [3.8, 4) is 28.6 Å². The molecule has 3 N–H and O–H groups in total. The lowest BCUT2D eigenvalue weighted by molar-refractivity contribution is 0.129. The summed E-state index contributed by atoms with van der Waals surface area (Å²) in [4.78, 5) is 19.6. The summed E-state index contributed by atoms with van der Waals surface area (Å²) < 4.78 is 14.7. The Kier molecular flexibility index (Phi) is 6.70. The highest BCUT2D eigenvalue weighted by molar-refractivity contribution is 7.97. The molecule has 3 rings (SSSR count). The fourth-order valence-corrected chi connectivity index (χ4v) is 2.96. The molecular formula is C20H21N3O4S. The minimum Gasteiger partial charge on any atom is -0.488 e. The van der Waals surface area contributed by atoms with E-state index in [2.05, 4.69) is 14.7 Å². The van der Waals surface area contributed by atoms with Gasteiger partial charge in [0.25, 0.3) is 5.56 Å². The predicted octanol–water partition coefficient (Wildman–Crippen LogP) is 3.22. The molecule has 0 radical (unpaired) electrons. The minimum atomic E-state index is -0.385. The van der Waals surface area contributed by atoms with Crippen LogP contribution < -0.4 is 19.8 Å². The highest BCUT2D eigenvalue weighted by Crippen LogP contribution is 2.32. The average molecular weight is 399 g/mol. The molecule has 1 atom stereocenters. The number of aromatic nitrogens is 2. The van der Waals surface area contributed by atoms with Crippen LogP contribution in [0.15, 0.2) is 64.4 Å². The average Bonchev–Trinajstić information content (AvgIpc) is 2.69. The summed E-state index contributed by atoms with van der Waals surface area (Å²) in [5.41, 5.74) is 0.387. The van der Waals surface area contributed by atoms with Crippen molar-refractivity contribution in [1.82, 2.24) is 14.7 Å². The molecule has 3 aromatic rings. The Hall–Kier alpha value is -2.81. The second-order valence-corrected chi connectivity index (χ2v) is 7.05. The van der Waals surface area contributed by atoms with Crippen molar-refractivity contribution in [2.45, 2.75) is 17.9 Å². The lowest BCUT2D eigenvalue weighted by Gasteiger charge is -2.15. The summed E-state index contributed by atoms with van der Waals surface area (Å²) in [6.45, 7) is 1.64. The number of H-pyrrole nitrogens is 1. The second kappa shape index (κ2) is 9.41. The molecule has 8 heteroatoms. The van der Waals surface area contributed by atoms with E-state index in [9.17, 15) is 9.90 Å². The van der Waals surface area contributed by atoms with Gasteiger partial charge in [0.05, 0.1) is 6.61 Å². The van der Waals surface area contributed by atoms with Gasteiger partial charge in [-0.2, -0.15) is 0 Å². The summed E-state index contributed by atoms with van der Waals surface area (Å²) in [7, 11) is 1.86. The maximum atomic E-state index is 11.6. The Labute approximate surface area is 166 Å². The van der Waals surface area contributed by atoms with Gasteiger partial charge >= 0.3 is 0 Å². The highest BCUT2D eigenvalue weighted by Gasteiger charge is 2.10. The first-order valence-corrected chi connectivity index (χ1v) is 9.49. The number of aliphatic hydroxyl groups excluding tert-OH is 1. The monoisotopic (exact) mass is 399 g/mol. The van der Waals surface area contributed by atoms with E-state index in [1.165, 1.54) is 24.2 Å². The SMILES string of the molecule is CNSc1ccc(Oc2cc(OC(C)CO)cc(-c3nccc(=O)[nH]3)c2)cc1. The number of ether oxygens (including phenoxy) is 2. The van der Waals surface area contributed by atoms with Crippen molar-refractivity contribution in [3.63, 3.8) is 0 Å². The number of aliphatic hydroxyl groups is 1. The zero-order valence-electron chi connectivity index (χ0n) is 15.5. The first-order chi connectivity index (χ1) is 13.6. The topological polar surface area (TPSA) is 96.5 Å². The van der Waals surface area contributed by atoms with Crippen molar-refractivity contribution in [1.29, 1.82) is 0 Å². The molecule has 0 fully saturated rings. The molecule has 0 aliphatic rings. The zero-order valence-corrected chi connectivity index (χ0v) is 16.3. The van der Waals surface area contributed by atoms with E-state index in [1.54, 1.807) is 25.1 Å². The van der Waals surface area contributed by atoms with Gasteiger partial charge in [-0.3, -0.25) is 9.52 Å². The minimum absolute atomic E-state index is 0.120. The van der Waals surface area contributed by atoms with Gasteiger partial charge in [0.15, 0.2) is 0 Å². The van der Waals surface area contributed by atoms with Crippen LogP contribution in [0.25, 0.3) is 11.4 Å². The van der Waals surface area contributed by atoms with E-state index >= 15 is 0 Å². The molecule has 0 saturated carbocycles. The molecule has 0 bridgehead atoms. The molecule has 1 aromatic heterocycles. The molecule has 0 saturated heterocycles. The maximum absolute atomic E-state index is 11.6. The largest absolute Gasteiger partial charge is 0.488 e. The molecule has 28 heavy (non-hydrogen) atoms. The van der Waals surface area contributed by atoms with Crippen LogP contribution in [0.2, 0.25) is 0 Å².